The van der Waals surface area contributed by atoms with Crippen LogP contribution in [0.15, 0.2) is 24.3 Å². The molecule has 4 nitrogen and oxygen atoms in total. The second-order valence-electron chi connectivity index (χ2n) is 6.50. The second-order valence-corrected chi connectivity index (χ2v) is 6.50. The minimum atomic E-state index is 0.123. The molecule has 0 bridgehead atoms. The number of carbonyl (C=O) groups is 1. The van der Waals surface area contributed by atoms with Crippen LogP contribution < -0.4 is 10.2 Å². The van der Waals surface area contributed by atoms with Crippen LogP contribution in [0.4, 0.5) is 5.69 Å². The van der Waals surface area contributed by atoms with Crippen molar-refractivity contribution in [2.45, 2.75) is 43.9 Å². The van der Waals surface area contributed by atoms with Gasteiger partial charge >= 0.3 is 0 Å². The number of rotatable bonds is 3. The Kier molecular flexibility index (Phi) is 3.23. The Bertz CT molecular complexity index is 555. The van der Waals surface area contributed by atoms with Crippen molar-refractivity contribution < 1.29 is 9.53 Å². The van der Waals surface area contributed by atoms with Gasteiger partial charge in [-0.15, -0.1) is 0 Å². The highest BCUT2D eigenvalue weighted by atomic mass is 16.5. The van der Waals surface area contributed by atoms with E-state index in [-0.39, 0.29) is 11.9 Å². The number of amides is 1. The van der Waals surface area contributed by atoms with E-state index in [0.717, 1.165) is 24.6 Å². The molecule has 21 heavy (non-hydrogen) atoms. The van der Waals surface area contributed by atoms with Gasteiger partial charge in [-0.05, 0) is 36.8 Å². The highest BCUT2D eigenvalue weighted by Gasteiger charge is 2.42. The van der Waals surface area contributed by atoms with Gasteiger partial charge in [0.15, 0.2) is 0 Å². The molecule has 3 atom stereocenters. The molecule has 1 aromatic carbocycles. The van der Waals surface area contributed by atoms with Gasteiger partial charge in [0, 0.05) is 37.8 Å². The molecule has 1 aliphatic carbocycles. The minimum Gasteiger partial charge on any atom is -0.376 e. The van der Waals surface area contributed by atoms with Gasteiger partial charge in [-0.2, -0.15) is 0 Å². The van der Waals surface area contributed by atoms with Crippen molar-refractivity contribution in [1.82, 2.24) is 5.32 Å². The summed E-state index contributed by atoms with van der Waals surface area (Å²) < 4.78 is 5.91. The van der Waals surface area contributed by atoms with E-state index in [4.69, 9.17) is 4.74 Å². The smallest absolute Gasteiger partial charge is 0.228 e. The van der Waals surface area contributed by atoms with Gasteiger partial charge in [0.25, 0.3) is 0 Å². The molecule has 1 saturated carbocycles. The highest BCUT2D eigenvalue weighted by molar-refractivity contribution is 5.96. The van der Waals surface area contributed by atoms with Gasteiger partial charge < -0.3 is 15.0 Å². The summed E-state index contributed by atoms with van der Waals surface area (Å²) in [6, 6.07) is 8.74. The molecular weight excluding hydrogens is 264 g/mol. The van der Waals surface area contributed by atoms with Crippen LogP contribution in [0.3, 0.4) is 0 Å². The Hall–Kier alpha value is -1.39. The number of anilines is 1. The van der Waals surface area contributed by atoms with Crippen molar-refractivity contribution >= 4 is 11.6 Å². The number of hydrogen-bond donors (Lipinski definition) is 1. The third kappa shape index (κ3) is 2.36. The lowest BCUT2D eigenvalue weighted by molar-refractivity contribution is -0.119. The van der Waals surface area contributed by atoms with Crippen molar-refractivity contribution in [3.63, 3.8) is 0 Å². The maximum atomic E-state index is 12.2. The van der Waals surface area contributed by atoms with Crippen LogP contribution in [0, 0.1) is 5.92 Å². The van der Waals surface area contributed by atoms with Crippen molar-refractivity contribution in [3.8, 4) is 0 Å². The van der Waals surface area contributed by atoms with E-state index in [0.29, 0.717) is 18.6 Å². The normalized spacial score (nSPS) is 32.3. The van der Waals surface area contributed by atoms with Gasteiger partial charge in [-0.1, -0.05) is 18.2 Å². The van der Waals surface area contributed by atoms with Gasteiger partial charge in [-0.3, -0.25) is 4.79 Å². The van der Waals surface area contributed by atoms with Crippen LogP contribution in [0.2, 0.25) is 0 Å². The number of carbonyl (C=O) groups excluding carboxylic acids is 1. The standard InChI is InChI=1S/C17H22N2O2/c1-19-15-5-3-2-4-12(15)14(10-16(19)20)18-13-8-9-21-17(13)11-6-7-11/h2-5,11,13-14,17-18H,6-10H2,1H3. The summed E-state index contributed by atoms with van der Waals surface area (Å²) in [5, 5.41) is 3.72. The minimum absolute atomic E-state index is 0.123. The third-order valence-corrected chi connectivity index (χ3v) is 5.06. The molecule has 1 saturated heterocycles. The third-order valence-electron chi connectivity index (χ3n) is 5.06. The van der Waals surface area contributed by atoms with E-state index in [1.54, 1.807) is 4.90 Å². The van der Waals surface area contributed by atoms with Gasteiger partial charge in [0.1, 0.15) is 0 Å². The van der Waals surface area contributed by atoms with Crippen molar-refractivity contribution in [2.24, 2.45) is 5.92 Å². The average Bonchev–Trinajstić information content (AvgIpc) is 3.24. The Morgan fingerprint density at radius 1 is 1.24 bits per heavy atom. The lowest BCUT2D eigenvalue weighted by Crippen LogP contribution is -2.44. The van der Waals surface area contributed by atoms with Crippen LogP contribution in [-0.2, 0) is 9.53 Å². The summed E-state index contributed by atoms with van der Waals surface area (Å²) in [6.07, 6.45) is 4.55. The van der Waals surface area contributed by atoms with Crippen LogP contribution in [0.1, 0.15) is 37.3 Å². The number of hydrogen-bond acceptors (Lipinski definition) is 3. The van der Waals surface area contributed by atoms with Crippen LogP contribution in [0.5, 0.6) is 0 Å². The maximum Gasteiger partial charge on any atom is 0.228 e. The Morgan fingerprint density at radius 2 is 2.05 bits per heavy atom. The van der Waals surface area contributed by atoms with E-state index in [1.165, 1.54) is 18.4 Å². The fraction of sp³-hybridized carbons (Fsp3) is 0.588. The summed E-state index contributed by atoms with van der Waals surface area (Å²) >= 11 is 0. The predicted molar refractivity (Wildman–Crippen MR) is 81.2 cm³/mol. The van der Waals surface area contributed by atoms with Crippen LogP contribution in [0.25, 0.3) is 0 Å². The number of benzene rings is 1. The monoisotopic (exact) mass is 286 g/mol. The van der Waals surface area contributed by atoms with E-state index in [9.17, 15) is 4.79 Å². The lowest BCUT2D eigenvalue weighted by Gasteiger charge is -2.34. The molecule has 1 N–H and O–H groups in total. The first-order valence-electron chi connectivity index (χ1n) is 7.97. The summed E-state index contributed by atoms with van der Waals surface area (Å²) in [4.78, 5) is 14.0. The summed E-state index contributed by atoms with van der Waals surface area (Å²) in [6.45, 7) is 0.848. The Balaban J connectivity index is 1.57. The number of para-hydroxylation sites is 1. The van der Waals surface area contributed by atoms with Crippen molar-refractivity contribution in [2.75, 3.05) is 18.6 Å². The Morgan fingerprint density at radius 3 is 2.86 bits per heavy atom. The zero-order valence-corrected chi connectivity index (χ0v) is 12.4. The van der Waals surface area contributed by atoms with Crippen molar-refractivity contribution in [1.29, 1.82) is 0 Å². The average molecular weight is 286 g/mol. The molecule has 2 heterocycles. The van der Waals surface area contributed by atoms with E-state index < -0.39 is 0 Å². The first kappa shape index (κ1) is 13.3. The van der Waals surface area contributed by atoms with Crippen LogP contribution in [-0.4, -0.2) is 31.7 Å². The molecule has 2 aliphatic heterocycles. The SMILES string of the molecule is CN1C(=O)CC(NC2CCOC2C2CC2)c2ccccc21. The van der Waals surface area contributed by atoms with Gasteiger partial charge in [0.2, 0.25) is 5.91 Å². The molecule has 0 radical (unpaired) electrons. The molecule has 2 fully saturated rings. The maximum absolute atomic E-state index is 12.2. The molecule has 0 aromatic heterocycles. The largest absolute Gasteiger partial charge is 0.376 e. The summed E-state index contributed by atoms with van der Waals surface area (Å²) in [5.74, 6) is 0.926. The fourth-order valence-electron chi connectivity index (χ4n) is 3.73. The first-order chi connectivity index (χ1) is 10.2. The number of fused-ring (bicyclic) bond motifs is 1. The zero-order valence-electron chi connectivity index (χ0n) is 12.4. The van der Waals surface area contributed by atoms with E-state index >= 15 is 0 Å². The number of nitrogens with one attached hydrogen (secondary N) is 1. The Labute approximate surface area is 125 Å². The van der Waals surface area contributed by atoms with Gasteiger partial charge in [0.05, 0.1) is 6.10 Å². The molecule has 0 spiro atoms. The first-order valence-corrected chi connectivity index (χ1v) is 7.97. The topological polar surface area (TPSA) is 41.6 Å². The van der Waals surface area contributed by atoms with Crippen molar-refractivity contribution in [3.05, 3.63) is 29.8 Å². The number of nitrogens with zero attached hydrogens (tertiary/aromatic N) is 1. The lowest BCUT2D eigenvalue weighted by atomic mass is 9.94. The fourth-order valence-corrected chi connectivity index (χ4v) is 3.73. The number of ether oxygens (including phenoxy) is 1. The molecule has 1 amide bonds. The quantitative estimate of drug-likeness (QED) is 0.926. The molecule has 3 aliphatic rings. The summed E-state index contributed by atoms with van der Waals surface area (Å²) in [7, 11) is 1.86. The summed E-state index contributed by atoms with van der Waals surface area (Å²) in [5.41, 5.74) is 2.27. The van der Waals surface area contributed by atoms with Gasteiger partial charge in [-0.25, -0.2) is 0 Å². The molecule has 3 unspecified atom stereocenters. The zero-order chi connectivity index (χ0) is 14.4. The molecular formula is C17H22N2O2. The van der Waals surface area contributed by atoms with E-state index in [1.807, 2.05) is 19.2 Å². The molecule has 4 rings (SSSR count). The van der Waals surface area contributed by atoms with Crippen LogP contribution >= 0.6 is 0 Å². The molecule has 1 aromatic rings. The second kappa shape index (κ2) is 5.11. The molecule has 4 heteroatoms. The molecule has 112 valence electrons. The van der Waals surface area contributed by atoms with E-state index in [2.05, 4.69) is 17.4 Å². The highest BCUT2D eigenvalue weighted by Crippen LogP contribution is 2.40. The predicted octanol–water partition coefficient (Wildman–Crippen LogP) is 2.25.